The fourth-order valence-corrected chi connectivity index (χ4v) is 5.02. The van der Waals surface area contributed by atoms with E-state index >= 15 is 0 Å². The molecule has 0 radical (unpaired) electrons. The second-order valence-corrected chi connectivity index (χ2v) is 10.6. The van der Waals surface area contributed by atoms with Crippen LogP contribution in [0, 0.1) is 0 Å². The Morgan fingerprint density at radius 3 is 1.27 bits per heavy atom. The third-order valence-corrected chi connectivity index (χ3v) is 7.31. The molecule has 33 heavy (non-hydrogen) atoms. The lowest BCUT2D eigenvalue weighted by atomic mass is 10.0. The minimum Gasteiger partial charge on any atom is -0.335 e. The van der Waals surface area contributed by atoms with Crippen LogP contribution in [0.25, 0.3) is 0 Å². The zero-order valence-corrected chi connectivity index (χ0v) is 22.9. The monoisotopic (exact) mass is 460 g/mol. The fraction of sp³-hybridized carbons (Fsp3) is 0.903. The molecule has 0 aliphatic rings. The van der Waals surface area contributed by atoms with Crippen LogP contribution in [0.1, 0.15) is 174 Å². The molecule has 0 aromatic carbocycles. The number of aromatic nitrogens is 2. The number of aryl methyl sites for hydroxylation is 2. The highest BCUT2D eigenvalue weighted by atomic mass is 15.1. The molecule has 0 amide bonds. The van der Waals surface area contributed by atoms with Crippen molar-refractivity contribution in [2.24, 2.45) is 0 Å². The predicted molar refractivity (Wildman–Crippen MR) is 148 cm³/mol. The van der Waals surface area contributed by atoms with Gasteiger partial charge in [0.25, 0.3) is 0 Å². The summed E-state index contributed by atoms with van der Waals surface area (Å²) in [5, 5.41) is 0. The van der Waals surface area contributed by atoms with Gasteiger partial charge in [0.05, 0.1) is 0 Å². The summed E-state index contributed by atoms with van der Waals surface area (Å²) in [6.45, 7) is 5.77. The highest BCUT2D eigenvalue weighted by molar-refractivity contribution is 4.92. The van der Waals surface area contributed by atoms with Crippen molar-refractivity contribution in [3.63, 3.8) is 0 Å². The molecule has 0 bridgehead atoms. The summed E-state index contributed by atoms with van der Waals surface area (Å²) in [4.78, 5) is 4.64. The second-order valence-electron chi connectivity index (χ2n) is 10.6. The van der Waals surface area contributed by atoms with Crippen molar-refractivity contribution < 1.29 is 0 Å². The lowest BCUT2D eigenvalue weighted by Gasteiger charge is -2.08. The minimum absolute atomic E-state index is 1.17. The van der Waals surface area contributed by atoms with Gasteiger partial charge in [-0.1, -0.05) is 155 Å². The quantitative estimate of drug-likeness (QED) is 0.126. The zero-order valence-electron chi connectivity index (χ0n) is 22.9. The molecule has 0 saturated heterocycles. The average Bonchev–Trinajstić information content (AvgIpc) is 3.27. The van der Waals surface area contributed by atoms with Gasteiger partial charge in [0.2, 0.25) is 0 Å². The first kappa shape index (κ1) is 30.2. The Morgan fingerprint density at radius 2 is 0.848 bits per heavy atom. The van der Waals surface area contributed by atoms with E-state index in [-0.39, 0.29) is 0 Å². The van der Waals surface area contributed by atoms with Crippen LogP contribution in [0.4, 0.5) is 0 Å². The Balaban J connectivity index is 1.89. The van der Waals surface area contributed by atoms with Gasteiger partial charge < -0.3 is 4.57 Å². The smallest absolute Gasteiger partial charge is 0.108 e. The normalized spacial score (nSPS) is 11.5. The van der Waals surface area contributed by atoms with Gasteiger partial charge in [0.15, 0.2) is 0 Å². The molecule has 1 aromatic heterocycles. The van der Waals surface area contributed by atoms with Gasteiger partial charge in [-0.2, -0.15) is 0 Å². The van der Waals surface area contributed by atoms with Crippen LogP contribution >= 0.6 is 0 Å². The van der Waals surface area contributed by atoms with Crippen molar-refractivity contribution in [1.29, 1.82) is 0 Å². The maximum absolute atomic E-state index is 4.64. The number of rotatable bonds is 26. The van der Waals surface area contributed by atoms with Crippen LogP contribution in [0.3, 0.4) is 0 Å². The topological polar surface area (TPSA) is 17.8 Å². The maximum Gasteiger partial charge on any atom is 0.108 e. The molecule has 0 spiro atoms. The maximum atomic E-state index is 4.64. The molecule has 0 atom stereocenters. The Morgan fingerprint density at radius 1 is 0.485 bits per heavy atom. The summed E-state index contributed by atoms with van der Waals surface area (Å²) < 4.78 is 2.43. The SMILES string of the molecule is CCCCCCCCCCCCCCc1nccn1CCCCCCCCCCCCCC. The largest absolute Gasteiger partial charge is 0.335 e. The molecule has 0 unspecified atom stereocenters. The Hall–Kier alpha value is -0.790. The number of hydrogen-bond donors (Lipinski definition) is 0. The Kier molecular flexibility index (Phi) is 22.3. The van der Waals surface area contributed by atoms with E-state index in [1.54, 1.807) is 0 Å². The molecule has 194 valence electrons. The fourth-order valence-electron chi connectivity index (χ4n) is 5.02. The van der Waals surface area contributed by atoms with Crippen LogP contribution in [0.15, 0.2) is 12.4 Å². The molecule has 0 fully saturated rings. The summed E-state index contributed by atoms with van der Waals surface area (Å²) in [6, 6.07) is 0. The van der Waals surface area contributed by atoms with Gasteiger partial charge in [0.1, 0.15) is 5.82 Å². The second kappa shape index (κ2) is 24.3. The number of nitrogens with zero attached hydrogens (tertiary/aromatic N) is 2. The molecule has 0 N–H and O–H groups in total. The van der Waals surface area contributed by atoms with E-state index in [1.165, 1.54) is 173 Å². The van der Waals surface area contributed by atoms with Gasteiger partial charge in [-0.25, -0.2) is 4.98 Å². The summed E-state index contributed by atoms with van der Waals surface area (Å²) >= 11 is 0. The van der Waals surface area contributed by atoms with Crippen molar-refractivity contribution in [3.8, 4) is 0 Å². The lowest BCUT2D eigenvalue weighted by molar-refractivity contribution is 0.517. The zero-order chi connectivity index (χ0) is 23.7. The summed E-state index contributed by atoms with van der Waals surface area (Å²) in [5.41, 5.74) is 0. The third kappa shape index (κ3) is 19.2. The van der Waals surface area contributed by atoms with Crippen LogP contribution in [0.5, 0.6) is 0 Å². The van der Waals surface area contributed by atoms with E-state index < -0.39 is 0 Å². The van der Waals surface area contributed by atoms with Crippen molar-refractivity contribution >= 4 is 0 Å². The molecule has 1 heterocycles. The highest BCUT2D eigenvalue weighted by Gasteiger charge is 2.03. The minimum atomic E-state index is 1.17. The highest BCUT2D eigenvalue weighted by Crippen LogP contribution is 2.15. The van der Waals surface area contributed by atoms with E-state index in [9.17, 15) is 0 Å². The van der Waals surface area contributed by atoms with Crippen LogP contribution in [0.2, 0.25) is 0 Å². The van der Waals surface area contributed by atoms with Gasteiger partial charge in [-0.05, 0) is 12.8 Å². The van der Waals surface area contributed by atoms with Gasteiger partial charge in [-0.15, -0.1) is 0 Å². The standard InChI is InChI=1S/C31H60N2/c1-3-5-7-9-11-13-15-17-19-21-23-25-27-31-32-28-30-33(31)29-26-24-22-20-18-16-14-12-10-8-6-4-2/h28,30H,3-27,29H2,1-2H3. The molecule has 2 heteroatoms. The number of imidazole rings is 1. The first-order valence-electron chi connectivity index (χ1n) is 15.4. The summed E-state index contributed by atoms with van der Waals surface area (Å²) in [5.74, 6) is 1.32. The molecule has 2 nitrogen and oxygen atoms in total. The molecule has 1 aromatic rings. The van der Waals surface area contributed by atoms with E-state index in [0.29, 0.717) is 0 Å². The number of hydrogen-bond acceptors (Lipinski definition) is 1. The van der Waals surface area contributed by atoms with Crippen molar-refractivity contribution in [1.82, 2.24) is 9.55 Å². The summed E-state index contributed by atoms with van der Waals surface area (Å²) in [6.07, 6.45) is 39.5. The van der Waals surface area contributed by atoms with E-state index in [0.717, 1.165) is 0 Å². The Bertz CT molecular complexity index is 450. The molecular weight excluding hydrogens is 400 g/mol. The van der Waals surface area contributed by atoms with Crippen LogP contribution in [-0.2, 0) is 13.0 Å². The first-order chi connectivity index (χ1) is 16.4. The van der Waals surface area contributed by atoms with Gasteiger partial charge in [-0.3, -0.25) is 0 Å². The molecule has 1 rings (SSSR count). The van der Waals surface area contributed by atoms with E-state index in [2.05, 4.69) is 29.6 Å². The van der Waals surface area contributed by atoms with Crippen molar-refractivity contribution in [2.75, 3.05) is 0 Å². The van der Waals surface area contributed by atoms with E-state index in [4.69, 9.17) is 0 Å². The molecular formula is C31H60N2. The summed E-state index contributed by atoms with van der Waals surface area (Å²) in [7, 11) is 0. The Labute approximate surface area is 208 Å². The molecule has 0 aliphatic heterocycles. The van der Waals surface area contributed by atoms with E-state index in [1.807, 2.05) is 6.20 Å². The lowest BCUT2D eigenvalue weighted by Crippen LogP contribution is -2.03. The van der Waals surface area contributed by atoms with Crippen molar-refractivity contribution in [3.05, 3.63) is 18.2 Å². The van der Waals surface area contributed by atoms with Crippen molar-refractivity contribution in [2.45, 2.75) is 181 Å². The number of unbranched alkanes of at least 4 members (excludes halogenated alkanes) is 22. The first-order valence-corrected chi connectivity index (χ1v) is 15.4. The van der Waals surface area contributed by atoms with Gasteiger partial charge >= 0.3 is 0 Å². The van der Waals surface area contributed by atoms with Gasteiger partial charge in [0, 0.05) is 25.4 Å². The average molecular weight is 461 g/mol. The third-order valence-electron chi connectivity index (χ3n) is 7.31. The predicted octanol–water partition coefficient (Wildman–Crippen LogP) is 10.8. The molecule has 0 aliphatic carbocycles. The molecule has 0 saturated carbocycles. The van der Waals surface area contributed by atoms with Crippen LogP contribution < -0.4 is 0 Å². The van der Waals surface area contributed by atoms with Crippen LogP contribution in [-0.4, -0.2) is 9.55 Å².